The maximum absolute atomic E-state index is 12.8. The Morgan fingerprint density at radius 2 is 1.62 bits per heavy atom. The lowest BCUT2D eigenvalue weighted by molar-refractivity contribution is -0.152. The number of carbonyl (C=O) groups is 2. The molecule has 1 aliphatic rings. The van der Waals surface area contributed by atoms with Crippen LogP contribution < -0.4 is 0 Å². The van der Waals surface area contributed by atoms with Crippen molar-refractivity contribution >= 4 is 33.4 Å². The number of halogens is 1. The van der Waals surface area contributed by atoms with Crippen molar-refractivity contribution in [1.29, 1.82) is 0 Å². The monoisotopic (exact) mass is 456 g/mol. The second-order valence-corrected chi connectivity index (χ2v) is 9.37. The summed E-state index contributed by atoms with van der Waals surface area (Å²) >= 11 is 3.46. The summed E-state index contributed by atoms with van der Waals surface area (Å²) in [4.78, 5) is 25.0. The van der Waals surface area contributed by atoms with E-state index in [1.54, 1.807) is 13.0 Å². The van der Waals surface area contributed by atoms with Crippen molar-refractivity contribution in [2.75, 3.05) is 0 Å². The molecule has 0 bridgehead atoms. The largest absolute Gasteiger partial charge is 0.481 e. The van der Waals surface area contributed by atoms with E-state index in [2.05, 4.69) is 15.9 Å². The summed E-state index contributed by atoms with van der Waals surface area (Å²) < 4.78 is 0.863. The van der Waals surface area contributed by atoms with E-state index in [0.717, 1.165) is 32.3 Å². The van der Waals surface area contributed by atoms with Crippen LogP contribution in [0.1, 0.15) is 47.6 Å². The molecule has 0 amide bonds. The lowest BCUT2D eigenvalue weighted by Crippen LogP contribution is -2.46. The van der Waals surface area contributed by atoms with Gasteiger partial charge in [0.1, 0.15) is 5.41 Å². The number of hydrogen-bond donors (Lipinski definition) is 2. The van der Waals surface area contributed by atoms with Gasteiger partial charge in [-0.1, -0.05) is 51.8 Å². The van der Waals surface area contributed by atoms with Crippen molar-refractivity contribution < 1.29 is 19.8 Å². The Morgan fingerprint density at radius 1 is 1.00 bits per heavy atom. The summed E-state index contributed by atoms with van der Waals surface area (Å²) in [7, 11) is 0. The van der Waals surface area contributed by atoms with E-state index < -0.39 is 22.8 Å². The van der Waals surface area contributed by atoms with Crippen LogP contribution in [0, 0.1) is 26.2 Å². The number of carboxylic acid groups (broad SMARTS) is 2. The maximum Gasteiger partial charge on any atom is 0.318 e. The highest BCUT2D eigenvalue weighted by Crippen LogP contribution is 2.51. The van der Waals surface area contributed by atoms with E-state index in [-0.39, 0.29) is 12.8 Å². The first kappa shape index (κ1) is 21.3. The van der Waals surface area contributed by atoms with Gasteiger partial charge in [-0.2, -0.15) is 0 Å². The van der Waals surface area contributed by atoms with Crippen LogP contribution in [0.4, 0.5) is 0 Å². The minimum Gasteiger partial charge on any atom is -0.481 e. The molecule has 0 spiro atoms. The SMILES string of the molecule is Cc1cc(C)c(C2(C(=O)O)C=C(c3cccc(Br)c3)CC(C)(C(=O)O)C2)c(C)c1. The van der Waals surface area contributed by atoms with Crippen molar-refractivity contribution in [3.63, 3.8) is 0 Å². The molecule has 0 aromatic heterocycles. The second kappa shape index (κ2) is 7.45. The van der Waals surface area contributed by atoms with Gasteiger partial charge in [-0.3, -0.25) is 9.59 Å². The van der Waals surface area contributed by atoms with Gasteiger partial charge in [-0.25, -0.2) is 0 Å². The van der Waals surface area contributed by atoms with E-state index >= 15 is 0 Å². The Bertz CT molecular complexity index is 1020. The third kappa shape index (κ3) is 3.76. The first-order valence-electron chi connectivity index (χ1n) is 9.51. The van der Waals surface area contributed by atoms with Crippen LogP contribution in [-0.2, 0) is 15.0 Å². The van der Waals surface area contributed by atoms with Gasteiger partial charge in [-0.05, 0) is 80.5 Å². The highest BCUT2D eigenvalue weighted by molar-refractivity contribution is 9.10. The Labute approximate surface area is 179 Å². The third-order valence-corrected chi connectivity index (χ3v) is 6.38. The first-order valence-corrected chi connectivity index (χ1v) is 10.3. The summed E-state index contributed by atoms with van der Waals surface area (Å²) in [5, 5.41) is 20.5. The maximum atomic E-state index is 12.8. The summed E-state index contributed by atoms with van der Waals surface area (Å²) in [6.07, 6.45) is 2.07. The van der Waals surface area contributed by atoms with E-state index in [9.17, 15) is 19.8 Å². The van der Waals surface area contributed by atoms with E-state index in [1.165, 1.54) is 0 Å². The zero-order chi connectivity index (χ0) is 21.6. The number of allylic oxidation sites excluding steroid dienone is 1. The van der Waals surface area contributed by atoms with Gasteiger partial charge < -0.3 is 10.2 Å². The first-order chi connectivity index (χ1) is 13.5. The van der Waals surface area contributed by atoms with Crippen LogP contribution in [0.3, 0.4) is 0 Å². The van der Waals surface area contributed by atoms with Gasteiger partial charge in [0.05, 0.1) is 5.41 Å². The number of hydrogen-bond acceptors (Lipinski definition) is 2. The Kier molecular flexibility index (Phi) is 5.48. The fourth-order valence-corrected chi connectivity index (χ4v) is 5.21. The molecule has 2 aromatic rings. The molecule has 5 heteroatoms. The topological polar surface area (TPSA) is 74.6 Å². The molecule has 3 rings (SSSR count). The quantitative estimate of drug-likeness (QED) is 0.621. The molecule has 2 aromatic carbocycles. The van der Waals surface area contributed by atoms with Crippen molar-refractivity contribution in [2.24, 2.45) is 5.41 Å². The molecule has 0 heterocycles. The summed E-state index contributed by atoms with van der Waals surface area (Å²) in [5.74, 6) is -2.00. The number of aliphatic carboxylic acids is 2. The van der Waals surface area contributed by atoms with Crippen LogP contribution in [-0.4, -0.2) is 22.2 Å². The molecule has 2 atom stereocenters. The van der Waals surface area contributed by atoms with Crippen LogP contribution >= 0.6 is 15.9 Å². The number of rotatable bonds is 4. The highest BCUT2D eigenvalue weighted by atomic mass is 79.9. The molecule has 2 N–H and O–H groups in total. The summed E-state index contributed by atoms with van der Waals surface area (Å²) in [6.45, 7) is 7.43. The van der Waals surface area contributed by atoms with Gasteiger partial charge in [0.2, 0.25) is 0 Å². The summed E-state index contributed by atoms with van der Waals surface area (Å²) in [6, 6.07) is 11.5. The minimum atomic E-state index is -1.41. The Balaban J connectivity index is 2.36. The smallest absolute Gasteiger partial charge is 0.318 e. The van der Waals surface area contributed by atoms with Gasteiger partial charge >= 0.3 is 11.9 Å². The fraction of sp³-hybridized carbons (Fsp3) is 0.333. The lowest BCUT2D eigenvalue weighted by atomic mass is 9.59. The molecule has 0 fully saturated rings. The molecule has 1 aliphatic carbocycles. The number of aryl methyl sites for hydroxylation is 3. The van der Waals surface area contributed by atoms with Crippen LogP contribution in [0.15, 0.2) is 46.9 Å². The Morgan fingerprint density at radius 3 is 2.14 bits per heavy atom. The predicted octanol–water partition coefficient (Wildman–Crippen LogP) is 5.67. The molecule has 0 radical (unpaired) electrons. The normalized spacial score (nSPS) is 24.1. The predicted molar refractivity (Wildman–Crippen MR) is 117 cm³/mol. The van der Waals surface area contributed by atoms with Gasteiger partial charge in [0.15, 0.2) is 0 Å². The van der Waals surface area contributed by atoms with Gasteiger partial charge in [0, 0.05) is 4.47 Å². The number of carboxylic acids is 2. The van der Waals surface area contributed by atoms with Crippen LogP contribution in [0.25, 0.3) is 5.57 Å². The molecule has 152 valence electrons. The van der Waals surface area contributed by atoms with E-state index in [1.807, 2.05) is 57.2 Å². The van der Waals surface area contributed by atoms with E-state index in [0.29, 0.717) is 5.56 Å². The molecule has 0 aliphatic heterocycles. The standard InChI is InChI=1S/C24H25BrO4/c1-14-8-15(2)20(16(3)9-14)24(22(28)29)12-18(11-23(4,13-24)21(26)27)17-6-5-7-19(25)10-17/h5-10,12H,11,13H2,1-4H3,(H,26,27)(H,28,29). The van der Waals surface area contributed by atoms with Crippen LogP contribution in [0.2, 0.25) is 0 Å². The molecule has 2 unspecified atom stereocenters. The molecular formula is C24H25BrO4. The molecular weight excluding hydrogens is 432 g/mol. The average Bonchev–Trinajstić information content (AvgIpc) is 2.60. The van der Waals surface area contributed by atoms with Crippen LogP contribution in [0.5, 0.6) is 0 Å². The van der Waals surface area contributed by atoms with Crippen molar-refractivity contribution in [3.8, 4) is 0 Å². The molecule has 29 heavy (non-hydrogen) atoms. The second-order valence-electron chi connectivity index (χ2n) is 8.45. The van der Waals surface area contributed by atoms with Crippen molar-refractivity contribution in [3.05, 3.63) is 74.8 Å². The third-order valence-electron chi connectivity index (χ3n) is 5.89. The van der Waals surface area contributed by atoms with E-state index in [4.69, 9.17) is 0 Å². The molecule has 4 nitrogen and oxygen atoms in total. The minimum absolute atomic E-state index is 0.00686. The number of benzene rings is 2. The Hall–Kier alpha value is -2.40. The molecule has 0 saturated heterocycles. The zero-order valence-electron chi connectivity index (χ0n) is 17.0. The lowest BCUT2D eigenvalue weighted by Gasteiger charge is -2.42. The average molecular weight is 457 g/mol. The van der Waals surface area contributed by atoms with Gasteiger partial charge in [-0.15, -0.1) is 0 Å². The van der Waals surface area contributed by atoms with Gasteiger partial charge in [0.25, 0.3) is 0 Å². The van der Waals surface area contributed by atoms with Crippen molar-refractivity contribution in [1.82, 2.24) is 0 Å². The molecule has 0 saturated carbocycles. The highest BCUT2D eigenvalue weighted by Gasteiger charge is 2.52. The zero-order valence-corrected chi connectivity index (χ0v) is 18.6. The van der Waals surface area contributed by atoms with Crippen molar-refractivity contribution in [2.45, 2.75) is 46.0 Å². The summed E-state index contributed by atoms with van der Waals surface area (Å²) in [5.41, 5.74) is 2.43. The fourth-order valence-electron chi connectivity index (χ4n) is 4.81.